The Labute approximate surface area is 179 Å². The molecule has 3 fully saturated rings. The molecule has 0 amide bonds. The number of aromatic nitrogens is 1. The van der Waals surface area contributed by atoms with Crippen molar-refractivity contribution in [2.75, 3.05) is 6.54 Å². The Kier molecular flexibility index (Phi) is 5.69. The minimum absolute atomic E-state index is 0.130. The Morgan fingerprint density at radius 1 is 1.10 bits per heavy atom. The smallest absolute Gasteiger partial charge is 0.405 e. The molecule has 1 aliphatic heterocycles. The van der Waals surface area contributed by atoms with Gasteiger partial charge in [-0.15, -0.1) is 13.2 Å². The quantitative estimate of drug-likeness (QED) is 0.643. The van der Waals surface area contributed by atoms with Gasteiger partial charge < -0.3 is 19.3 Å². The average molecular weight is 436 g/mol. The zero-order valence-corrected chi connectivity index (χ0v) is 17.3. The number of para-hydroxylation sites is 1. The number of alkyl halides is 3. The SMILES string of the molecule is FC(F)(F)Oc1ccccc1-c1noc(C2CC2)c1COC1CC2C[C@@H](CCCN2)C1. The van der Waals surface area contributed by atoms with Gasteiger partial charge in [-0.3, -0.25) is 0 Å². The summed E-state index contributed by atoms with van der Waals surface area (Å²) in [7, 11) is 0. The molecule has 8 heteroatoms. The van der Waals surface area contributed by atoms with Crippen LogP contribution in [-0.2, 0) is 11.3 Å². The summed E-state index contributed by atoms with van der Waals surface area (Å²) in [5.74, 6) is 1.40. The van der Waals surface area contributed by atoms with Crippen LogP contribution in [0.5, 0.6) is 5.75 Å². The molecule has 31 heavy (non-hydrogen) atoms. The molecule has 1 aromatic heterocycles. The Balaban J connectivity index is 1.39. The van der Waals surface area contributed by atoms with Gasteiger partial charge in [0.1, 0.15) is 17.2 Å². The lowest BCUT2D eigenvalue weighted by Gasteiger charge is -2.33. The highest BCUT2D eigenvalue weighted by Gasteiger charge is 2.37. The predicted octanol–water partition coefficient (Wildman–Crippen LogP) is 5.55. The fourth-order valence-electron chi connectivity index (χ4n) is 5.03. The van der Waals surface area contributed by atoms with Crippen molar-refractivity contribution >= 4 is 0 Å². The number of rotatable bonds is 6. The summed E-state index contributed by atoms with van der Waals surface area (Å²) in [6.45, 7) is 1.35. The van der Waals surface area contributed by atoms with Gasteiger partial charge in [0.2, 0.25) is 0 Å². The molecule has 5 nitrogen and oxygen atoms in total. The van der Waals surface area contributed by atoms with E-state index in [1.54, 1.807) is 12.1 Å². The number of nitrogens with one attached hydrogen (secondary N) is 1. The first-order valence-electron chi connectivity index (χ1n) is 11.1. The topological polar surface area (TPSA) is 56.5 Å². The molecule has 168 valence electrons. The first-order chi connectivity index (χ1) is 15.0. The van der Waals surface area contributed by atoms with E-state index < -0.39 is 6.36 Å². The zero-order valence-electron chi connectivity index (χ0n) is 17.3. The summed E-state index contributed by atoms with van der Waals surface area (Å²) < 4.78 is 55.0. The van der Waals surface area contributed by atoms with E-state index in [4.69, 9.17) is 9.26 Å². The molecule has 2 aromatic rings. The van der Waals surface area contributed by atoms with E-state index in [-0.39, 0.29) is 29.9 Å². The molecule has 3 aliphatic rings. The van der Waals surface area contributed by atoms with Gasteiger partial charge in [-0.05, 0) is 69.5 Å². The van der Waals surface area contributed by atoms with Crippen molar-refractivity contribution in [2.45, 2.75) is 76.0 Å². The summed E-state index contributed by atoms with van der Waals surface area (Å²) >= 11 is 0. The summed E-state index contributed by atoms with van der Waals surface area (Å²) in [5, 5.41) is 7.77. The first-order valence-corrected chi connectivity index (χ1v) is 11.1. The Bertz CT molecular complexity index is 896. The van der Waals surface area contributed by atoms with Crippen molar-refractivity contribution < 1.29 is 27.2 Å². The summed E-state index contributed by atoms with van der Waals surface area (Å²) in [4.78, 5) is 0. The maximum absolute atomic E-state index is 12.9. The molecular weight excluding hydrogens is 409 g/mol. The molecule has 2 bridgehead atoms. The molecule has 0 spiro atoms. The molecule has 1 N–H and O–H groups in total. The molecular formula is C23H27F3N2O3. The second kappa shape index (κ2) is 8.47. The lowest BCUT2D eigenvalue weighted by Crippen LogP contribution is -2.38. The summed E-state index contributed by atoms with van der Waals surface area (Å²) in [6, 6.07) is 6.55. The van der Waals surface area contributed by atoms with Gasteiger partial charge in [-0.2, -0.15) is 0 Å². The van der Waals surface area contributed by atoms with Crippen molar-refractivity contribution in [1.29, 1.82) is 0 Å². The van der Waals surface area contributed by atoms with Crippen molar-refractivity contribution in [3.63, 3.8) is 0 Å². The molecule has 1 saturated heterocycles. The number of ether oxygens (including phenoxy) is 2. The maximum atomic E-state index is 12.9. The molecule has 0 radical (unpaired) electrons. The van der Waals surface area contributed by atoms with Crippen LogP contribution in [0.1, 0.15) is 62.2 Å². The van der Waals surface area contributed by atoms with Crippen LogP contribution in [0.25, 0.3) is 11.3 Å². The highest BCUT2D eigenvalue weighted by molar-refractivity contribution is 5.70. The van der Waals surface area contributed by atoms with Crippen molar-refractivity contribution in [3.05, 3.63) is 35.6 Å². The van der Waals surface area contributed by atoms with Gasteiger partial charge in [-0.1, -0.05) is 17.3 Å². The lowest BCUT2D eigenvalue weighted by molar-refractivity contribution is -0.274. The Morgan fingerprint density at radius 3 is 2.74 bits per heavy atom. The number of nitrogens with zero attached hydrogens (tertiary/aromatic N) is 1. The van der Waals surface area contributed by atoms with Crippen LogP contribution in [0.15, 0.2) is 28.8 Å². The van der Waals surface area contributed by atoms with Gasteiger partial charge in [0.25, 0.3) is 0 Å². The average Bonchev–Trinajstić information content (AvgIpc) is 3.50. The number of hydrogen-bond donors (Lipinski definition) is 1. The standard InChI is InChI=1S/C23H27F3N2O3/c24-23(25,26)30-20-6-2-1-5-18(20)21-19(22(31-28-21)15-7-8-15)13-29-17-11-14-4-3-9-27-16(10-14)12-17/h1-2,5-6,14-17,27H,3-4,7-13H2/t14-,16?,17?/m1/s1. The fraction of sp³-hybridized carbons (Fsp3) is 0.609. The van der Waals surface area contributed by atoms with E-state index in [2.05, 4.69) is 15.2 Å². The monoisotopic (exact) mass is 436 g/mol. The maximum Gasteiger partial charge on any atom is 0.573 e. The highest BCUT2D eigenvalue weighted by atomic mass is 19.4. The van der Waals surface area contributed by atoms with Crippen LogP contribution in [0.3, 0.4) is 0 Å². The van der Waals surface area contributed by atoms with Crippen LogP contribution >= 0.6 is 0 Å². The summed E-state index contributed by atoms with van der Waals surface area (Å²) in [5.41, 5.74) is 1.41. The Morgan fingerprint density at radius 2 is 1.94 bits per heavy atom. The lowest BCUT2D eigenvalue weighted by atomic mass is 9.82. The van der Waals surface area contributed by atoms with Crippen molar-refractivity contribution in [3.8, 4) is 17.0 Å². The highest BCUT2D eigenvalue weighted by Crippen LogP contribution is 2.46. The van der Waals surface area contributed by atoms with Crippen LogP contribution < -0.4 is 10.1 Å². The molecule has 5 rings (SSSR count). The third-order valence-corrected chi connectivity index (χ3v) is 6.58. The first kappa shape index (κ1) is 20.8. The van der Waals surface area contributed by atoms with Crippen molar-refractivity contribution in [2.24, 2.45) is 5.92 Å². The zero-order chi connectivity index (χ0) is 21.4. The van der Waals surface area contributed by atoms with E-state index in [9.17, 15) is 13.2 Å². The number of hydrogen-bond acceptors (Lipinski definition) is 5. The molecule has 2 unspecified atom stereocenters. The Hall–Kier alpha value is -2.06. The molecule has 1 aromatic carbocycles. The van der Waals surface area contributed by atoms with Gasteiger partial charge in [0, 0.05) is 23.1 Å². The third kappa shape index (κ3) is 4.90. The van der Waals surface area contributed by atoms with Gasteiger partial charge in [-0.25, -0.2) is 0 Å². The fourth-order valence-corrected chi connectivity index (χ4v) is 5.03. The van der Waals surface area contributed by atoms with E-state index >= 15 is 0 Å². The van der Waals surface area contributed by atoms with Gasteiger partial charge >= 0.3 is 6.36 Å². The van der Waals surface area contributed by atoms with Crippen LogP contribution in [0.2, 0.25) is 0 Å². The van der Waals surface area contributed by atoms with Crippen molar-refractivity contribution in [1.82, 2.24) is 10.5 Å². The van der Waals surface area contributed by atoms with E-state index in [1.165, 1.54) is 31.4 Å². The normalized spacial score (nSPS) is 26.5. The predicted molar refractivity (Wildman–Crippen MR) is 108 cm³/mol. The number of benzene rings is 1. The number of fused-ring (bicyclic) bond motifs is 2. The number of halogens is 3. The van der Waals surface area contributed by atoms with Gasteiger partial charge in [0.05, 0.1) is 12.7 Å². The second-order valence-electron chi connectivity index (χ2n) is 8.99. The van der Waals surface area contributed by atoms with E-state index in [1.807, 2.05) is 0 Å². The van der Waals surface area contributed by atoms with Crippen LogP contribution in [0.4, 0.5) is 13.2 Å². The van der Waals surface area contributed by atoms with E-state index in [0.717, 1.165) is 43.6 Å². The molecule has 2 saturated carbocycles. The second-order valence-corrected chi connectivity index (χ2v) is 8.99. The van der Waals surface area contributed by atoms with Crippen LogP contribution in [0, 0.1) is 5.92 Å². The molecule has 3 atom stereocenters. The summed E-state index contributed by atoms with van der Waals surface area (Å²) in [6.07, 6.45) is 2.97. The largest absolute Gasteiger partial charge is 0.573 e. The van der Waals surface area contributed by atoms with Crippen LogP contribution in [-0.4, -0.2) is 30.2 Å². The third-order valence-electron chi connectivity index (χ3n) is 6.58. The minimum atomic E-state index is -4.78. The minimum Gasteiger partial charge on any atom is -0.405 e. The molecule has 2 heterocycles. The van der Waals surface area contributed by atoms with E-state index in [0.29, 0.717) is 17.7 Å². The van der Waals surface area contributed by atoms with Gasteiger partial charge in [0.15, 0.2) is 0 Å². The molecule has 2 aliphatic carbocycles.